The molecular formula is C30H37N3O4S. The average Bonchev–Trinajstić information content (AvgIpc) is 2.93. The molecule has 0 radical (unpaired) electrons. The Kier molecular flexibility index (Phi) is 10.1. The highest BCUT2D eigenvalue weighted by atomic mass is 32.2. The Morgan fingerprint density at radius 2 is 1.42 bits per heavy atom. The van der Waals surface area contributed by atoms with Crippen molar-refractivity contribution in [3.05, 3.63) is 96.1 Å². The lowest BCUT2D eigenvalue weighted by atomic mass is 10.0. The summed E-state index contributed by atoms with van der Waals surface area (Å²) in [6, 6.07) is 24.2. The standard InChI is InChI=1S/C30H37N3O4S/c1-5-31-30(35)24(4)32(21-20-25-12-8-6-9-13-25)29(34)22-33(27-18-16-26(17-19-27)23(2)3)38(36,37)28-14-10-7-11-15-28/h6-19,23-24H,5,20-22H2,1-4H3,(H,31,35). The van der Waals surface area contributed by atoms with Gasteiger partial charge in [-0.2, -0.15) is 0 Å². The predicted molar refractivity (Wildman–Crippen MR) is 152 cm³/mol. The second-order valence-corrected chi connectivity index (χ2v) is 11.3. The summed E-state index contributed by atoms with van der Waals surface area (Å²) in [5.74, 6) is -0.462. The number of benzene rings is 3. The highest BCUT2D eigenvalue weighted by Gasteiger charge is 2.32. The first kappa shape index (κ1) is 28.9. The number of amides is 2. The van der Waals surface area contributed by atoms with Crippen LogP contribution >= 0.6 is 0 Å². The van der Waals surface area contributed by atoms with Gasteiger partial charge in [0.15, 0.2) is 0 Å². The Morgan fingerprint density at radius 3 is 1.97 bits per heavy atom. The fraction of sp³-hybridized carbons (Fsp3) is 0.333. The van der Waals surface area contributed by atoms with Crippen molar-refractivity contribution in [2.45, 2.75) is 51.0 Å². The zero-order valence-corrected chi connectivity index (χ0v) is 23.3. The first-order chi connectivity index (χ1) is 18.1. The summed E-state index contributed by atoms with van der Waals surface area (Å²) >= 11 is 0. The van der Waals surface area contributed by atoms with Gasteiger partial charge in [-0.25, -0.2) is 8.42 Å². The van der Waals surface area contributed by atoms with Crippen molar-refractivity contribution in [2.75, 3.05) is 23.9 Å². The Labute approximate surface area is 226 Å². The van der Waals surface area contributed by atoms with E-state index in [1.165, 1.54) is 17.0 Å². The van der Waals surface area contributed by atoms with Crippen LogP contribution in [0.4, 0.5) is 5.69 Å². The summed E-state index contributed by atoms with van der Waals surface area (Å²) in [6.45, 7) is 7.87. The Bertz CT molecular complexity index is 1290. The number of sulfonamides is 1. The molecule has 0 heterocycles. The van der Waals surface area contributed by atoms with E-state index in [1.54, 1.807) is 37.3 Å². The van der Waals surface area contributed by atoms with E-state index in [2.05, 4.69) is 19.2 Å². The van der Waals surface area contributed by atoms with E-state index in [0.29, 0.717) is 18.7 Å². The van der Waals surface area contributed by atoms with Crippen molar-refractivity contribution in [3.8, 4) is 0 Å². The Morgan fingerprint density at radius 1 is 0.842 bits per heavy atom. The van der Waals surface area contributed by atoms with Crippen molar-refractivity contribution in [3.63, 3.8) is 0 Å². The van der Waals surface area contributed by atoms with Crippen molar-refractivity contribution in [2.24, 2.45) is 0 Å². The van der Waals surface area contributed by atoms with Crippen LogP contribution in [0.2, 0.25) is 0 Å². The van der Waals surface area contributed by atoms with Gasteiger partial charge in [0, 0.05) is 13.1 Å². The maximum absolute atomic E-state index is 13.8. The minimum Gasteiger partial charge on any atom is -0.355 e. The molecule has 0 bridgehead atoms. The number of nitrogens with zero attached hydrogens (tertiary/aromatic N) is 2. The molecule has 0 spiro atoms. The first-order valence-electron chi connectivity index (χ1n) is 12.9. The number of carbonyl (C=O) groups excluding carboxylic acids is 2. The highest BCUT2D eigenvalue weighted by molar-refractivity contribution is 7.92. The molecule has 0 aliphatic rings. The molecule has 0 saturated carbocycles. The van der Waals surface area contributed by atoms with Crippen LogP contribution in [-0.4, -0.2) is 50.8 Å². The van der Waals surface area contributed by atoms with Gasteiger partial charge in [0.05, 0.1) is 10.6 Å². The molecule has 0 aromatic heterocycles. The van der Waals surface area contributed by atoms with E-state index in [1.807, 2.05) is 49.4 Å². The molecular weight excluding hydrogens is 498 g/mol. The number of carbonyl (C=O) groups is 2. The summed E-state index contributed by atoms with van der Waals surface area (Å²) in [4.78, 5) is 28.1. The number of anilines is 1. The zero-order valence-electron chi connectivity index (χ0n) is 22.5. The number of rotatable bonds is 12. The number of likely N-dealkylation sites (N-methyl/N-ethyl adjacent to an activating group) is 1. The first-order valence-corrected chi connectivity index (χ1v) is 14.4. The molecule has 0 saturated heterocycles. The van der Waals surface area contributed by atoms with Gasteiger partial charge in [0.1, 0.15) is 12.6 Å². The molecule has 0 aliphatic heterocycles. The van der Waals surface area contributed by atoms with Crippen molar-refractivity contribution in [1.82, 2.24) is 10.2 Å². The van der Waals surface area contributed by atoms with Gasteiger partial charge in [-0.3, -0.25) is 13.9 Å². The lowest BCUT2D eigenvalue weighted by Gasteiger charge is -2.32. The molecule has 1 N–H and O–H groups in total. The molecule has 1 atom stereocenters. The van der Waals surface area contributed by atoms with Gasteiger partial charge < -0.3 is 10.2 Å². The molecule has 3 aromatic rings. The van der Waals surface area contributed by atoms with Crippen LogP contribution < -0.4 is 9.62 Å². The summed E-state index contributed by atoms with van der Waals surface area (Å²) in [5, 5.41) is 2.77. The highest BCUT2D eigenvalue weighted by Crippen LogP contribution is 2.26. The molecule has 1 unspecified atom stereocenters. The molecule has 38 heavy (non-hydrogen) atoms. The van der Waals surface area contributed by atoms with Crippen LogP contribution in [0.25, 0.3) is 0 Å². The Balaban J connectivity index is 1.97. The molecule has 8 heteroatoms. The van der Waals surface area contributed by atoms with Gasteiger partial charge in [-0.05, 0) is 61.6 Å². The van der Waals surface area contributed by atoms with Crippen LogP contribution in [0.5, 0.6) is 0 Å². The minimum atomic E-state index is -4.05. The van der Waals surface area contributed by atoms with Crippen LogP contribution in [0.15, 0.2) is 89.8 Å². The second-order valence-electron chi connectivity index (χ2n) is 9.46. The quantitative estimate of drug-likeness (QED) is 0.367. The lowest BCUT2D eigenvalue weighted by Crippen LogP contribution is -2.52. The van der Waals surface area contributed by atoms with Crippen LogP contribution in [0, 0.1) is 0 Å². The van der Waals surface area contributed by atoms with E-state index >= 15 is 0 Å². The van der Waals surface area contributed by atoms with E-state index < -0.39 is 28.5 Å². The molecule has 202 valence electrons. The largest absolute Gasteiger partial charge is 0.355 e. The molecule has 3 aromatic carbocycles. The summed E-state index contributed by atoms with van der Waals surface area (Å²) in [6.07, 6.45) is 0.533. The topological polar surface area (TPSA) is 86.8 Å². The van der Waals surface area contributed by atoms with Gasteiger partial charge in [-0.15, -0.1) is 0 Å². The third-order valence-electron chi connectivity index (χ3n) is 6.46. The van der Waals surface area contributed by atoms with Crippen molar-refractivity contribution in [1.29, 1.82) is 0 Å². The minimum absolute atomic E-state index is 0.0911. The maximum atomic E-state index is 13.8. The van der Waals surface area contributed by atoms with Crippen molar-refractivity contribution >= 4 is 27.5 Å². The van der Waals surface area contributed by atoms with Gasteiger partial charge >= 0.3 is 0 Å². The molecule has 3 rings (SSSR count). The second kappa shape index (κ2) is 13.2. The summed E-state index contributed by atoms with van der Waals surface area (Å²) in [7, 11) is -4.05. The van der Waals surface area contributed by atoms with Crippen molar-refractivity contribution < 1.29 is 18.0 Å². The van der Waals surface area contributed by atoms with Gasteiger partial charge in [0.25, 0.3) is 10.0 Å². The van der Waals surface area contributed by atoms with Gasteiger partial charge in [0.2, 0.25) is 11.8 Å². The predicted octanol–water partition coefficient (Wildman–Crippen LogP) is 4.60. The number of hydrogen-bond acceptors (Lipinski definition) is 4. The van der Waals surface area contributed by atoms with Gasteiger partial charge in [-0.1, -0.05) is 74.5 Å². The van der Waals surface area contributed by atoms with E-state index in [-0.39, 0.29) is 23.3 Å². The molecule has 0 fully saturated rings. The number of nitrogens with one attached hydrogen (secondary N) is 1. The monoisotopic (exact) mass is 535 g/mol. The van der Waals surface area contributed by atoms with E-state index in [4.69, 9.17) is 0 Å². The van der Waals surface area contributed by atoms with Crippen LogP contribution in [0.3, 0.4) is 0 Å². The normalized spacial score (nSPS) is 12.1. The molecule has 0 aliphatic carbocycles. The average molecular weight is 536 g/mol. The third-order valence-corrected chi connectivity index (χ3v) is 8.25. The third kappa shape index (κ3) is 7.22. The Hall–Kier alpha value is -3.65. The summed E-state index contributed by atoms with van der Waals surface area (Å²) in [5.41, 5.74) is 2.47. The fourth-order valence-corrected chi connectivity index (χ4v) is 5.60. The molecule has 2 amide bonds. The lowest BCUT2D eigenvalue weighted by molar-refractivity contribution is -0.138. The fourth-order valence-electron chi connectivity index (χ4n) is 4.17. The van der Waals surface area contributed by atoms with Crippen LogP contribution in [-0.2, 0) is 26.0 Å². The number of hydrogen-bond donors (Lipinski definition) is 1. The van der Waals surface area contributed by atoms with Crippen LogP contribution in [0.1, 0.15) is 44.7 Å². The van der Waals surface area contributed by atoms with E-state index in [9.17, 15) is 18.0 Å². The SMILES string of the molecule is CCNC(=O)C(C)N(CCc1ccccc1)C(=O)CN(c1ccc(C(C)C)cc1)S(=O)(=O)c1ccccc1. The maximum Gasteiger partial charge on any atom is 0.264 e. The van der Waals surface area contributed by atoms with E-state index in [0.717, 1.165) is 15.4 Å². The summed E-state index contributed by atoms with van der Waals surface area (Å²) < 4.78 is 28.7. The smallest absolute Gasteiger partial charge is 0.264 e. The zero-order chi connectivity index (χ0) is 27.7. The molecule has 7 nitrogen and oxygen atoms in total.